The first-order chi connectivity index (χ1) is 19.9. The number of benzene rings is 4. The SMILES string of the molecule is COc1ccc(-c2cc(C(=O)N3N=C(c4ccc(N)cc4)CC3c3ccc(Cl)cc3)c3cc(OC)ccc3n2)cc1. The van der Waals surface area contributed by atoms with Crippen LogP contribution >= 0.6 is 11.6 Å². The van der Waals surface area contributed by atoms with Gasteiger partial charge < -0.3 is 15.2 Å². The van der Waals surface area contributed by atoms with Gasteiger partial charge in [-0.1, -0.05) is 35.9 Å². The fourth-order valence-corrected chi connectivity index (χ4v) is 5.16. The quantitative estimate of drug-likeness (QED) is 0.222. The maximum absolute atomic E-state index is 14.5. The fourth-order valence-electron chi connectivity index (χ4n) is 5.03. The van der Waals surface area contributed by atoms with Gasteiger partial charge in [-0.05, 0) is 83.9 Å². The second-order valence-electron chi connectivity index (χ2n) is 9.76. The first-order valence-electron chi connectivity index (χ1n) is 13.1. The Balaban J connectivity index is 1.50. The van der Waals surface area contributed by atoms with Crippen LogP contribution in [0.25, 0.3) is 22.2 Å². The lowest BCUT2D eigenvalue weighted by molar-refractivity contribution is 0.0713. The molecule has 0 saturated heterocycles. The summed E-state index contributed by atoms with van der Waals surface area (Å²) in [6, 6.07) is 29.7. The number of hydrogen-bond donors (Lipinski definition) is 1. The van der Waals surface area contributed by atoms with Gasteiger partial charge in [0.25, 0.3) is 5.91 Å². The van der Waals surface area contributed by atoms with E-state index in [1.807, 2.05) is 97.1 Å². The van der Waals surface area contributed by atoms with Crippen molar-refractivity contribution in [2.45, 2.75) is 12.5 Å². The third-order valence-electron chi connectivity index (χ3n) is 7.25. The van der Waals surface area contributed by atoms with Crippen LogP contribution in [0.4, 0.5) is 5.69 Å². The number of hydrazone groups is 1. The van der Waals surface area contributed by atoms with E-state index in [4.69, 9.17) is 36.9 Å². The molecule has 1 aliphatic rings. The van der Waals surface area contributed by atoms with Crippen LogP contribution in [-0.4, -0.2) is 35.8 Å². The van der Waals surface area contributed by atoms with Gasteiger partial charge in [0.05, 0.1) is 42.7 Å². The highest BCUT2D eigenvalue weighted by molar-refractivity contribution is 6.30. The molecular formula is C33H27ClN4O3. The summed E-state index contributed by atoms with van der Waals surface area (Å²) in [5.41, 5.74) is 11.9. The molecule has 0 fully saturated rings. The Morgan fingerprint density at radius 3 is 2.20 bits per heavy atom. The zero-order chi connectivity index (χ0) is 28.5. The van der Waals surface area contributed by atoms with Crippen molar-refractivity contribution in [3.8, 4) is 22.8 Å². The number of nitrogens with two attached hydrogens (primary N) is 1. The third kappa shape index (κ3) is 5.19. The Bertz CT molecular complexity index is 1770. The molecule has 1 aromatic heterocycles. The van der Waals surface area contributed by atoms with Gasteiger partial charge in [-0.3, -0.25) is 4.79 Å². The number of halogens is 1. The average Bonchev–Trinajstić information content (AvgIpc) is 3.46. The molecule has 1 aliphatic heterocycles. The third-order valence-corrected chi connectivity index (χ3v) is 7.50. The van der Waals surface area contributed by atoms with Gasteiger partial charge in [0.1, 0.15) is 11.5 Å². The Morgan fingerprint density at radius 1 is 0.854 bits per heavy atom. The first-order valence-corrected chi connectivity index (χ1v) is 13.5. The number of pyridine rings is 1. The number of ether oxygens (including phenoxy) is 2. The van der Waals surface area contributed by atoms with E-state index >= 15 is 0 Å². The predicted octanol–water partition coefficient (Wildman–Crippen LogP) is 7.15. The van der Waals surface area contributed by atoms with Gasteiger partial charge in [-0.25, -0.2) is 9.99 Å². The highest BCUT2D eigenvalue weighted by Gasteiger charge is 2.34. The number of hydrogen-bond acceptors (Lipinski definition) is 6. The number of carbonyl (C=O) groups is 1. The van der Waals surface area contributed by atoms with Crippen LogP contribution < -0.4 is 15.2 Å². The molecule has 5 aromatic rings. The number of anilines is 1. The summed E-state index contributed by atoms with van der Waals surface area (Å²) in [6.45, 7) is 0. The molecule has 1 amide bonds. The van der Waals surface area contributed by atoms with Crippen LogP contribution in [0.5, 0.6) is 11.5 Å². The number of aromatic nitrogens is 1. The van der Waals surface area contributed by atoms with E-state index in [-0.39, 0.29) is 11.9 Å². The minimum atomic E-state index is -0.328. The van der Waals surface area contributed by atoms with Crippen LogP contribution in [0.15, 0.2) is 102 Å². The van der Waals surface area contributed by atoms with Gasteiger partial charge in [-0.2, -0.15) is 5.10 Å². The second kappa shape index (κ2) is 10.9. The molecule has 0 aliphatic carbocycles. The minimum absolute atomic E-state index is 0.245. The molecule has 41 heavy (non-hydrogen) atoms. The van der Waals surface area contributed by atoms with Gasteiger partial charge in [-0.15, -0.1) is 0 Å². The van der Waals surface area contributed by atoms with Crippen LogP contribution in [-0.2, 0) is 0 Å². The van der Waals surface area contributed by atoms with E-state index in [9.17, 15) is 4.79 Å². The van der Waals surface area contributed by atoms with Crippen molar-refractivity contribution in [1.82, 2.24) is 9.99 Å². The molecule has 2 N–H and O–H groups in total. The summed E-state index contributed by atoms with van der Waals surface area (Å²) in [7, 11) is 3.22. The van der Waals surface area contributed by atoms with E-state index in [2.05, 4.69) is 0 Å². The lowest BCUT2D eigenvalue weighted by Gasteiger charge is -2.23. The lowest BCUT2D eigenvalue weighted by Crippen LogP contribution is -2.27. The van der Waals surface area contributed by atoms with Crippen LogP contribution in [0.2, 0.25) is 5.02 Å². The van der Waals surface area contributed by atoms with Crippen molar-refractivity contribution < 1.29 is 14.3 Å². The summed E-state index contributed by atoms with van der Waals surface area (Å²) in [5.74, 6) is 1.13. The number of nitrogens with zero attached hydrogens (tertiary/aromatic N) is 3. The van der Waals surface area contributed by atoms with Crippen molar-refractivity contribution in [2.75, 3.05) is 20.0 Å². The van der Waals surface area contributed by atoms with Crippen molar-refractivity contribution in [3.63, 3.8) is 0 Å². The molecule has 0 saturated carbocycles. The van der Waals surface area contributed by atoms with Crippen LogP contribution in [0.3, 0.4) is 0 Å². The van der Waals surface area contributed by atoms with Crippen molar-refractivity contribution >= 4 is 39.8 Å². The van der Waals surface area contributed by atoms with E-state index in [1.54, 1.807) is 19.2 Å². The molecule has 8 heteroatoms. The molecule has 0 radical (unpaired) electrons. The molecule has 2 heterocycles. The molecule has 1 atom stereocenters. The number of rotatable bonds is 6. The van der Waals surface area contributed by atoms with Gasteiger partial charge >= 0.3 is 0 Å². The normalized spacial score (nSPS) is 14.7. The molecule has 0 spiro atoms. The number of carbonyl (C=O) groups excluding carboxylic acids is 1. The lowest BCUT2D eigenvalue weighted by atomic mass is 9.97. The molecule has 6 rings (SSSR count). The van der Waals surface area contributed by atoms with Crippen molar-refractivity contribution in [2.24, 2.45) is 5.10 Å². The van der Waals surface area contributed by atoms with E-state index in [0.717, 1.165) is 28.2 Å². The predicted molar refractivity (Wildman–Crippen MR) is 163 cm³/mol. The molecule has 204 valence electrons. The summed E-state index contributed by atoms with van der Waals surface area (Å²) in [4.78, 5) is 19.4. The highest BCUT2D eigenvalue weighted by Crippen LogP contribution is 2.37. The van der Waals surface area contributed by atoms with E-state index < -0.39 is 0 Å². The van der Waals surface area contributed by atoms with Crippen LogP contribution in [0.1, 0.15) is 33.9 Å². The summed E-state index contributed by atoms with van der Waals surface area (Å²) in [5, 5.41) is 7.75. The Kier molecular flexibility index (Phi) is 7.03. The summed E-state index contributed by atoms with van der Waals surface area (Å²) < 4.78 is 10.8. The molecule has 4 aromatic carbocycles. The van der Waals surface area contributed by atoms with Gasteiger partial charge in [0, 0.05) is 28.1 Å². The maximum atomic E-state index is 14.5. The number of amides is 1. The topological polar surface area (TPSA) is 90.0 Å². The Hall–Kier alpha value is -4.88. The summed E-state index contributed by atoms with van der Waals surface area (Å²) in [6.07, 6.45) is 0.537. The average molecular weight is 563 g/mol. The van der Waals surface area contributed by atoms with Crippen molar-refractivity contribution in [1.29, 1.82) is 0 Å². The monoisotopic (exact) mass is 562 g/mol. The fraction of sp³-hybridized carbons (Fsp3) is 0.121. The molecule has 7 nitrogen and oxygen atoms in total. The number of nitrogen functional groups attached to an aromatic ring is 1. The summed E-state index contributed by atoms with van der Waals surface area (Å²) >= 11 is 6.19. The smallest absolute Gasteiger partial charge is 0.275 e. The largest absolute Gasteiger partial charge is 0.497 e. The minimum Gasteiger partial charge on any atom is -0.497 e. The molecular weight excluding hydrogens is 536 g/mol. The van der Waals surface area contributed by atoms with E-state index in [0.29, 0.717) is 45.0 Å². The van der Waals surface area contributed by atoms with Crippen LogP contribution in [0, 0.1) is 0 Å². The maximum Gasteiger partial charge on any atom is 0.275 e. The van der Waals surface area contributed by atoms with Gasteiger partial charge in [0.2, 0.25) is 0 Å². The zero-order valence-corrected chi connectivity index (χ0v) is 23.3. The standard InChI is InChI=1S/C33H27ClN4O3/c1-40-25-13-7-20(8-14-25)30-18-28(27-17-26(41-2)15-16-29(27)36-30)33(39)38-32(22-3-9-23(34)10-4-22)19-31(37-38)21-5-11-24(35)12-6-21/h3-18,32H,19,35H2,1-2H3. The Labute approximate surface area is 242 Å². The van der Waals surface area contributed by atoms with Gasteiger partial charge in [0.15, 0.2) is 0 Å². The Morgan fingerprint density at radius 2 is 1.51 bits per heavy atom. The highest BCUT2D eigenvalue weighted by atomic mass is 35.5. The number of methoxy groups -OCH3 is 2. The number of fused-ring (bicyclic) bond motifs is 1. The molecule has 0 bridgehead atoms. The second-order valence-corrected chi connectivity index (χ2v) is 10.2. The zero-order valence-electron chi connectivity index (χ0n) is 22.5. The molecule has 1 unspecified atom stereocenters. The van der Waals surface area contributed by atoms with E-state index in [1.165, 1.54) is 0 Å². The first kappa shape index (κ1) is 26.3. The van der Waals surface area contributed by atoms with Crippen molar-refractivity contribution in [3.05, 3.63) is 119 Å².